The van der Waals surface area contributed by atoms with Crippen LogP contribution >= 0.6 is 0 Å². The van der Waals surface area contributed by atoms with Gasteiger partial charge in [-0.3, -0.25) is 0 Å². The van der Waals surface area contributed by atoms with Crippen LogP contribution in [0.15, 0.2) is 34.6 Å². The van der Waals surface area contributed by atoms with Crippen molar-refractivity contribution >= 4 is 5.69 Å². The lowest BCUT2D eigenvalue weighted by molar-refractivity contribution is 0.273. The summed E-state index contributed by atoms with van der Waals surface area (Å²) in [6.07, 6.45) is 0. The van der Waals surface area contributed by atoms with Gasteiger partial charge in [-0.05, 0) is 12.1 Å². The molecule has 0 bridgehead atoms. The lowest BCUT2D eigenvalue weighted by Gasteiger charge is -2.02. The number of benzene rings is 1. The highest BCUT2D eigenvalue weighted by molar-refractivity contribution is 5.42. The summed E-state index contributed by atoms with van der Waals surface area (Å²) in [5, 5.41) is 6.73. The number of halogens is 1. The third kappa shape index (κ3) is 3.06. The first kappa shape index (κ1) is 9.44. The standard InChI is InChI=1S/C8H10FN3O/c9-4-5-13-8-3-1-2-7(6-8)11-12-10/h1-3,6H,4-5H2,(H2,10,11). The first-order valence-corrected chi connectivity index (χ1v) is 3.76. The summed E-state index contributed by atoms with van der Waals surface area (Å²) in [6.45, 7) is -0.466. The summed E-state index contributed by atoms with van der Waals surface area (Å²) in [4.78, 5) is 0. The molecular weight excluding hydrogens is 173 g/mol. The Hall–Kier alpha value is -1.65. The van der Waals surface area contributed by atoms with E-state index < -0.39 is 6.67 Å². The molecule has 0 fully saturated rings. The van der Waals surface area contributed by atoms with Gasteiger partial charge in [-0.25, -0.2) is 4.39 Å². The zero-order chi connectivity index (χ0) is 9.52. The lowest BCUT2D eigenvalue weighted by Crippen LogP contribution is -1.97. The van der Waals surface area contributed by atoms with Gasteiger partial charge in [0, 0.05) is 6.07 Å². The normalized spacial score (nSPS) is 10.5. The Balaban J connectivity index is 2.67. The minimum absolute atomic E-state index is 0.0449. The highest BCUT2D eigenvalue weighted by Crippen LogP contribution is 2.19. The van der Waals surface area contributed by atoms with Gasteiger partial charge in [-0.1, -0.05) is 11.3 Å². The van der Waals surface area contributed by atoms with E-state index >= 15 is 0 Å². The molecule has 1 rings (SSSR count). The van der Waals surface area contributed by atoms with Gasteiger partial charge in [0.15, 0.2) is 0 Å². The monoisotopic (exact) mass is 183 g/mol. The average Bonchev–Trinajstić information content (AvgIpc) is 2.16. The second kappa shape index (κ2) is 5.08. The van der Waals surface area contributed by atoms with Crippen molar-refractivity contribution in [2.45, 2.75) is 0 Å². The fraction of sp³-hybridized carbons (Fsp3) is 0.250. The van der Waals surface area contributed by atoms with Crippen molar-refractivity contribution in [2.24, 2.45) is 16.2 Å². The first-order chi connectivity index (χ1) is 6.36. The molecule has 0 aliphatic rings. The van der Waals surface area contributed by atoms with Crippen LogP contribution in [0, 0.1) is 0 Å². The Morgan fingerprint density at radius 3 is 3.00 bits per heavy atom. The summed E-state index contributed by atoms with van der Waals surface area (Å²) in [5.41, 5.74) is 0.582. The molecule has 70 valence electrons. The summed E-state index contributed by atoms with van der Waals surface area (Å²) in [5.74, 6) is 5.43. The van der Waals surface area contributed by atoms with Crippen LogP contribution in [0.1, 0.15) is 0 Å². The van der Waals surface area contributed by atoms with Gasteiger partial charge in [0.2, 0.25) is 0 Å². The third-order valence-corrected chi connectivity index (χ3v) is 1.34. The second-order valence-corrected chi connectivity index (χ2v) is 2.25. The molecule has 0 aliphatic carbocycles. The number of nitrogens with two attached hydrogens (primary N) is 1. The quantitative estimate of drug-likeness (QED) is 0.441. The van der Waals surface area contributed by atoms with E-state index in [0.717, 1.165) is 0 Å². The van der Waals surface area contributed by atoms with Gasteiger partial charge >= 0.3 is 0 Å². The van der Waals surface area contributed by atoms with Crippen molar-refractivity contribution in [3.63, 3.8) is 0 Å². The van der Waals surface area contributed by atoms with E-state index in [2.05, 4.69) is 10.3 Å². The predicted octanol–water partition coefficient (Wildman–Crippen LogP) is 1.99. The molecule has 0 aromatic heterocycles. The van der Waals surface area contributed by atoms with Crippen LogP contribution < -0.4 is 10.6 Å². The van der Waals surface area contributed by atoms with E-state index in [1.807, 2.05) is 0 Å². The average molecular weight is 183 g/mol. The van der Waals surface area contributed by atoms with E-state index in [0.29, 0.717) is 11.4 Å². The molecule has 2 N–H and O–H groups in total. The van der Waals surface area contributed by atoms with Gasteiger partial charge in [0.1, 0.15) is 19.0 Å². The van der Waals surface area contributed by atoms with Gasteiger partial charge in [-0.15, -0.1) is 5.11 Å². The number of hydrogen-bond donors (Lipinski definition) is 1. The van der Waals surface area contributed by atoms with Gasteiger partial charge < -0.3 is 10.6 Å². The molecule has 0 spiro atoms. The van der Waals surface area contributed by atoms with Crippen LogP contribution in [-0.2, 0) is 0 Å². The Bertz CT molecular complexity index is 290. The van der Waals surface area contributed by atoms with Crippen molar-refractivity contribution in [1.82, 2.24) is 0 Å². The Kier molecular flexibility index (Phi) is 3.69. The van der Waals surface area contributed by atoms with Crippen molar-refractivity contribution in [3.8, 4) is 5.75 Å². The number of ether oxygens (including phenoxy) is 1. The predicted molar refractivity (Wildman–Crippen MR) is 46.6 cm³/mol. The molecule has 0 saturated carbocycles. The zero-order valence-corrected chi connectivity index (χ0v) is 6.98. The van der Waals surface area contributed by atoms with Crippen molar-refractivity contribution in [1.29, 1.82) is 0 Å². The highest BCUT2D eigenvalue weighted by atomic mass is 19.1. The van der Waals surface area contributed by atoms with Crippen LogP contribution in [-0.4, -0.2) is 13.3 Å². The highest BCUT2D eigenvalue weighted by Gasteiger charge is 1.94. The fourth-order valence-electron chi connectivity index (χ4n) is 0.859. The molecule has 0 radical (unpaired) electrons. The van der Waals surface area contributed by atoms with Gasteiger partial charge in [0.25, 0.3) is 0 Å². The topological polar surface area (TPSA) is 60.0 Å². The molecule has 13 heavy (non-hydrogen) atoms. The molecular formula is C8H10FN3O. The molecule has 4 nitrogen and oxygen atoms in total. The van der Waals surface area contributed by atoms with Crippen LogP contribution in [0.3, 0.4) is 0 Å². The van der Waals surface area contributed by atoms with Crippen molar-refractivity contribution in [3.05, 3.63) is 24.3 Å². The molecule has 0 amide bonds. The largest absolute Gasteiger partial charge is 0.491 e. The zero-order valence-electron chi connectivity index (χ0n) is 6.98. The van der Waals surface area contributed by atoms with Crippen LogP contribution in [0.4, 0.5) is 10.1 Å². The van der Waals surface area contributed by atoms with E-state index in [-0.39, 0.29) is 6.61 Å². The molecule has 1 aromatic rings. The Morgan fingerprint density at radius 1 is 1.46 bits per heavy atom. The second-order valence-electron chi connectivity index (χ2n) is 2.25. The van der Waals surface area contributed by atoms with Gasteiger partial charge in [-0.2, -0.15) is 0 Å². The summed E-state index contributed by atoms with van der Waals surface area (Å²) in [6, 6.07) is 6.80. The molecule has 0 aliphatic heterocycles. The van der Waals surface area contributed by atoms with Crippen LogP contribution in [0.5, 0.6) is 5.75 Å². The van der Waals surface area contributed by atoms with Crippen LogP contribution in [0.25, 0.3) is 0 Å². The molecule has 0 unspecified atom stereocenters. The smallest absolute Gasteiger partial charge is 0.123 e. The maximum atomic E-state index is 11.7. The number of nitrogens with zero attached hydrogens (tertiary/aromatic N) is 2. The molecule has 0 heterocycles. The lowest BCUT2D eigenvalue weighted by atomic mass is 10.3. The molecule has 5 heteroatoms. The SMILES string of the molecule is NN=Nc1cccc(OCCF)c1. The fourth-order valence-corrected chi connectivity index (χ4v) is 0.859. The molecule has 0 saturated heterocycles. The third-order valence-electron chi connectivity index (χ3n) is 1.34. The maximum Gasteiger partial charge on any atom is 0.123 e. The van der Waals surface area contributed by atoms with E-state index in [1.54, 1.807) is 24.3 Å². The van der Waals surface area contributed by atoms with Crippen molar-refractivity contribution in [2.75, 3.05) is 13.3 Å². The van der Waals surface area contributed by atoms with Crippen LogP contribution in [0.2, 0.25) is 0 Å². The van der Waals surface area contributed by atoms with Crippen molar-refractivity contribution < 1.29 is 9.13 Å². The van der Waals surface area contributed by atoms with E-state index in [4.69, 9.17) is 10.6 Å². The first-order valence-electron chi connectivity index (χ1n) is 3.76. The Labute approximate surface area is 75.2 Å². The molecule has 1 aromatic carbocycles. The summed E-state index contributed by atoms with van der Waals surface area (Å²) >= 11 is 0. The summed E-state index contributed by atoms with van der Waals surface area (Å²) < 4.78 is 16.8. The Morgan fingerprint density at radius 2 is 2.31 bits per heavy atom. The van der Waals surface area contributed by atoms with E-state index in [9.17, 15) is 4.39 Å². The van der Waals surface area contributed by atoms with Gasteiger partial charge in [0.05, 0.1) is 5.69 Å². The maximum absolute atomic E-state index is 11.7. The minimum atomic E-state index is -0.511. The summed E-state index contributed by atoms with van der Waals surface area (Å²) in [7, 11) is 0. The number of hydrogen-bond acceptors (Lipinski definition) is 3. The number of rotatable bonds is 4. The molecule has 0 atom stereocenters. The number of alkyl halides is 1. The minimum Gasteiger partial charge on any atom is -0.491 e. The van der Waals surface area contributed by atoms with E-state index in [1.165, 1.54) is 0 Å².